The van der Waals surface area contributed by atoms with E-state index in [1.165, 1.54) is 60.3 Å². The molecule has 444 valence electrons. The fraction of sp³-hybridized carbons (Fsp3) is 0.316. The van der Waals surface area contributed by atoms with Crippen LogP contribution in [0.15, 0.2) is 170 Å². The largest absolute Gasteiger partial charge is 0.261 e. The molecule has 8 heteroatoms. The van der Waals surface area contributed by atoms with Gasteiger partial charge in [0.05, 0.1) is 27.6 Å². The number of benzene rings is 5. The molecule has 0 amide bonds. The first-order chi connectivity index (χ1) is 40.6. The Hall–Kier alpha value is -8.36. The summed E-state index contributed by atoms with van der Waals surface area (Å²) in [5.74, 6) is 0.839. The van der Waals surface area contributed by atoms with Crippen molar-refractivity contribution in [1.82, 2.24) is 39.9 Å². The van der Waals surface area contributed by atoms with E-state index >= 15 is 0 Å². The number of rotatable bonds is 0. The molecule has 0 saturated carbocycles. The van der Waals surface area contributed by atoms with Gasteiger partial charge in [-0.15, -0.1) is 0 Å². The van der Waals surface area contributed by atoms with Crippen molar-refractivity contribution in [2.75, 3.05) is 0 Å². The molecular weight excluding hydrogens is 1020 g/mol. The van der Waals surface area contributed by atoms with E-state index in [0.717, 1.165) is 72.6 Å². The first-order valence-electron chi connectivity index (χ1n) is 30.3. The van der Waals surface area contributed by atoms with Gasteiger partial charge in [-0.3, -0.25) is 29.9 Å². The van der Waals surface area contributed by atoms with Crippen LogP contribution in [0.2, 0.25) is 0 Å². The van der Waals surface area contributed by atoms with Crippen LogP contribution in [0.5, 0.6) is 0 Å². The van der Waals surface area contributed by atoms with Crippen LogP contribution in [0, 0.1) is 83.1 Å². The van der Waals surface area contributed by atoms with E-state index < -0.39 is 0 Å². The van der Waals surface area contributed by atoms with Crippen LogP contribution >= 0.6 is 0 Å². The van der Waals surface area contributed by atoms with E-state index in [4.69, 9.17) is 0 Å². The molecule has 0 atom stereocenters. The summed E-state index contributed by atoms with van der Waals surface area (Å²) >= 11 is 0. The van der Waals surface area contributed by atoms with Crippen molar-refractivity contribution in [1.29, 1.82) is 0 Å². The van der Waals surface area contributed by atoms with Crippen LogP contribution in [0.3, 0.4) is 0 Å². The zero-order valence-electron chi connectivity index (χ0n) is 55.7. The van der Waals surface area contributed by atoms with Gasteiger partial charge in [0.15, 0.2) is 0 Å². The maximum atomic E-state index is 4.42. The Morgan fingerprint density at radius 1 is 0.238 bits per heavy atom. The van der Waals surface area contributed by atoms with E-state index in [1.807, 2.05) is 192 Å². The van der Waals surface area contributed by atoms with Crippen LogP contribution in [0.25, 0.3) is 65.3 Å². The van der Waals surface area contributed by atoms with E-state index in [1.54, 1.807) is 6.20 Å². The Morgan fingerprint density at radius 2 is 0.679 bits per heavy atom. The second-order valence-electron chi connectivity index (χ2n) is 18.5. The number of pyridine rings is 6. The zero-order chi connectivity index (χ0) is 63.3. The number of nitrogens with zero attached hydrogens (tertiary/aromatic N) is 8. The van der Waals surface area contributed by atoms with Crippen LogP contribution in [-0.2, 0) is 0 Å². The second kappa shape index (κ2) is 40.8. The molecular formula is C76H100N8. The Bertz CT molecular complexity index is 3230. The van der Waals surface area contributed by atoms with E-state index in [2.05, 4.69) is 178 Å². The average molecular weight is 1130 g/mol. The molecule has 0 saturated heterocycles. The third kappa shape index (κ3) is 24.6. The van der Waals surface area contributed by atoms with Crippen LogP contribution in [0.4, 0.5) is 0 Å². The van der Waals surface area contributed by atoms with Crippen LogP contribution in [0.1, 0.15) is 151 Å². The summed E-state index contributed by atoms with van der Waals surface area (Å²) in [5, 5.41) is 8.45. The molecule has 0 spiro atoms. The predicted octanol–water partition coefficient (Wildman–Crippen LogP) is 22.1. The Kier molecular flexibility index (Phi) is 35.7. The molecule has 84 heavy (non-hydrogen) atoms. The third-order valence-electron chi connectivity index (χ3n) is 11.8. The molecule has 0 N–H and O–H groups in total. The molecule has 0 aliphatic rings. The average Bonchev–Trinajstić information content (AvgIpc) is 3.58. The highest BCUT2D eigenvalue weighted by molar-refractivity contribution is 5.84. The molecule has 12 aromatic rings. The summed E-state index contributed by atoms with van der Waals surface area (Å²) in [6.07, 6.45) is 7.54. The highest BCUT2D eigenvalue weighted by Gasteiger charge is 2.01. The van der Waals surface area contributed by atoms with Gasteiger partial charge in [0.2, 0.25) is 0 Å². The molecule has 0 bridgehead atoms. The van der Waals surface area contributed by atoms with Gasteiger partial charge >= 0.3 is 0 Å². The van der Waals surface area contributed by atoms with Gasteiger partial charge < -0.3 is 0 Å². The molecule has 0 unspecified atom stereocenters. The molecule has 7 aromatic heterocycles. The highest BCUT2D eigenvalue weighted by atomic mass is 14.9. The summed E-state index contributed by atoms with van der Waals surface area (Å²) in [6, 6.07) is 50.0. The van der Waals surface area contributed by atoms with Crippen LogP contribution in [-0.4, -0.2) is 39.9 Å². The van der Waals surface area contributed by atoms with Crippen molar-refractivity contribution < 1.29 is 0 Å². The summed E-state index contributed by atoms with van der Waals surface area (Å²) in [5.41, 5.74) is 18.1. The standard InChI is InChI=1S/4C11H11N.2C10H10N2.6C2H6/c1-8-3-6-11-10(7-8)5-4-9(2)12-11;2*1-8-3-4-10-5-9(2)7-12-11(10)6-8;1-8-3-4-10-6-9(2)12-7-11(10)5-8;1-7-6-10-9(8(2)12-7)4-3-5-11-10;1-7-9-5-3-4-6-10(9)12-8(2)11-7;6*1-2/h4*3-7H,1-2H3;2*3-6H,1-2H3;6*1-2H3. The van der Waals surface area contributed by atoms with Crippen molar-refractivity contribution in [2.24, 2.45) is 0 Å². The fourth-order valence-corrected chi connectivity index (χ4v) is 8.17. The lowest BCUT2D eigenvalue weighted by Crippen LogP contribution is -1.92. The molecule has 8 nitrogen and oxygen atoms in total. The summed E-state index contributed by atoms with van der Waals surface area (Å²) in [4.78, 5) is 34.6. The fourth-order valence-electron chi connectivity index (χ4n) is 8.17. The van der Waals surface area contributed by atoms with Gasteiger partial charge in [0.1, 0.15) is 5.82 Å². The van der Waals surface area contributed by atoms with Crippen molar-refractivity contribution >= 4 is 65.3 Å². The van der Waals surface area contributed by atoms with Gasteiger partial charge in [-0.25, -0.2) is 9.97 Å². The highest BCUT2D eigenvalue weighted by Crippen LogP contribution is 2.19. The Balaban J connectivity index is 0.000000486. The summed E-state index contributed by atoms with van der Waals surface area (Å²) in [6.45, 7) is 48.4. The molecule has 12 rings (SSSR count). The quantitative estimate of drug-likeness (QED) is 0.148. The lowest BCUT2D eigenvalue weighted by Gasteiger charge is -2.00. The number of aryl methyl sites for hydroxylation is 12. The SMILES string of the molecule is CC.CC.CC.CC.CC.CC.Cc1cc2ncccc2c(C)n1.Cc1ccc2cc(C)ncc2c1.Cc1ccc2nc(C)ccc2c1.Cc1cnc2cc(C)ccc2c1.Cc1cnc2cc(C)ccc2c1.Cc1nc(C)c2ccccc2n1. The minimum Gasteiger partial charge on any atom is -0.261 e. The summed E-state index contributed by atoms with van der Waals surface area (Å²) < 4.78 is 0. The third-order valence-corrected chi connectivity index (χ3v) is 11.8. The smallest absolute Gasteiger partial charge is 0.126 e. The molecule has 0 aliphatic heterocycles. The van der Waals surface area contributed by atoms with E-state index in [-0.39, 0.29) is 0 Å². The molecule has 0 radical (unpaired) electrons. The maximum Gasteiger partial charge on any atom is 0.126 e. The minimum atomic E-state index is 0.839. The van der Waals surface area contributed by atoms with Gasteiger partial charge in [-0.05, 0) is 190 Å². The van der Waals surface area contributed by atoms with Crippen molar-refractivity contribution in [2.45, 2.75) is 166 Å². The number of para-hydroxylation sites is 1. The monoisotopic (exact) mass is 1120 g/mol. The zero-order valence-corrected chi connectivity index (χ0v) is 55.7. The lowest BCUT2D eigenvalue weighted by atomic mass is 10.1. The lowest BCUT2D eigenvalue weighted by molar-refractivity contribution is 1.05. The number of hydrogen-bond donors (Lipinski definition) is 0. The summed E-state index contributed by atoms with van der Waals surface area (Å²) in [7, 11) is 0. The maximum absolute atomic E-state index is 4.42. The molecule has 0 aliphatic carbocycles. The number of aromatic nitrogens is 8. The van der Waals surface area contributed by atoms with Gasteiger partial charge in [0.25, 0.3) is 0 Å². The molecule has 7 heterocycles. The van der Waals surface area contributed by atoms with Crippen molar-refractivity contribution in [3.8, 4) is 0 Å². The Labute approximate surface area is 506 Å². The molecule has 5 aromatic carbocycles. The Morgan fingerprint density at radius 3 is 1.25 bits per heavy atom. The van der Waals surface area contributed by atoms with Crippen molar-refractivity contribution in [3.63, 3.8) is 0 Å². The van der Waals surface area contributed by atoms with Gasteiger partial charge in [-0.2, -0.15) is 0 Å². The van der Waals surface area contributed by atoms with Gasteiger partial charge in [-0.1, -0.05) is 161 Å². The topological polar surface area (TPSA) is 103 Å². The first-order valence-corrected chi connectivity index (χ1v) is 30.3. The van der Waals surface area contributed by atoms with E-state index in [0.29, 0.717) is 0 Å². The minimum absolute atomic E-state index is 0.839. The second-order valence-corrected chi connectivity index (χ2v) is 18.5. The first kappa shape index (κ1) is 73.7. The number of hydrogen-bond acceptors (Lipinski definition) is 8. The molecule has 0 fully saturated rings. The van der Waals surface area contributed by atoms with Crippen LogP contribution < -0.4 is 0 Å². The van der Waals surface area contributed by atoms with Gasteiger partial charge in [0, 0.05) is 85.6 Å². The van der Waals surface area contributed by atoms with E-state index in [9.17, 15) is 0 Å². The van der Waals surface area contributed by atoms with Crippen molar-refractivity contribution in [3.05, 3.63) is 238 Å². The normalized spacial score (nSPS) is 9.43. The predicted molar refractivity (Wildman–Crippen MR) is 371 cm³/mol. The number of fused-ring (bicyclic) bond motifs is 6.